The number of benzene rings is 1. The van der Waals surface area contributed by atoms with Crippen LogP contribution in [-0.4, -0.2) is 28.9 Å². The fourth-order valence-corrected chi connectivity index (χ4v) is 8.63. The van der Waals surface area contributed by atoms with E-state index in [0.717, 1.165) is 42.9 Å². The number of rotatable bonds is 7. The van der Waals surface area contributed by atoms with Gasteiger partial charge in [0, 0.05) is 0 Å². The minimum absolute atomic E-state index is 0.120. The zero-order valence-corrected chi connectivity index (χ0v) is 21.0. The molecular formula is C30H42O4. The Morgan fingerprint density at radius 1 is 1.09 bits per heavy atom. The number of carboxylic acids is 1. The number of ether oxygens (including phenoxy) is 1. The largest absolute Gasteiger partial charge is 0.494 e. The molecule has 4 heteroatoms. The van der Waals surface area contributed by atoms with Crippen LogP contribution in [0.5, 0.6) is 5.75 Å². The molecule has 0 aromatic heterocycles. The van der Waals surface area contributed by atoms with Gasteiger partial charge in [0.15, 0.2) is 0 Å². The predicted molar refractivity (Wildman–Crippen MR) is 134 cm³/mol. The number of aliphatic hydroxyl groups is 1. The molecule has 4 aliphatic carbocycles. The Morgan fingerprint density at radius 3 is 2.76 bits per heavy atom. The number of carboxylic acid groups (broad SMARTS) is 1. The average Bonchev–Trinajstić information content (AvgIpc) is 3.16. The van der Waals surface area contributed by atoms with Gasteiger partial charge < -0.3 is 14.9 Å². The highest BCUT2D eigenvalue weighted by Gasteiger charge is 2.58. The van der Waals surface area contributed by atoms with E-state index in [1.807, 2.05) is 6.07 Å². The van der Waals surface area contributed by atoms with Crippen molar-refractivity contribution in [2.45, 2.75) is 90.6 Å². The van der Waals surface area contributed by atoms with Crippen molar-refractivity contribution in [1.82, 2.24) is 0 Å². The lowest BCUT2D eigenvalue weighted by atomic mass is 9.47. The fraction of sp³-hybridized carbons (Fsp3) is 0.700. The van der Waals surface area contributed by atoms with E-state index in [1.54, 1.807) is 23.8 Å². The maximum atomic E-state index is 11.1. The maximum absolute atomic E-state index is 11.1. The molecule has 0 amide bonds. The highest BCUT2D eigenvalue weighted by Crippen LogP contribution is 2.66. The molecule has 1 aromatic rings. The monoisotopic (exact) mass is 466 g/mol. The molecule has 0 radical (unpaired) electrons. The number of hydrogen-bond donors (Lipinski definition) is 2. The van der Waals surface area contributed by atoms with Crippen LogP contribution in [-0.2, 0) is 0 Å². The molecular weight excluding hydrogens is 424 g/mol. The van der Waals surface area contributed by atoms with Crippen molar-refractivity contribution < 1.29 is 19.7 Å². The van der Waals surface area contributed by atoms with Crippen molar-refractivity contribution in [3.63, 3.8) is 0 Å². The number of allylic oxidation sites excluding steroid dienone is 1. The number of unbranched alkanes of at least 4 members (excludes halogenated alkanes) is 1. The van der Waals surface area contributed by atoms with Crippen LogP contribution in [0.1, 0.15) is 94.8 Å². The first-order valence-corrected chi connectivity index (χ1v) is 13.6. The first-order valence-electron chi connectivity index (χ1n) is 13.6. The van der Waals surface area contributed by atoms with Gasteiger partial charge in [-0.2, -0.15) is 0 Å². The predicted octanol–water partition coefficient (Wildman–Crippen LogP) is 6.87. The Kier molecular flexibility index (Phi) is 6.56. The van der Waals surface area contributed by atoms with Gasteiger partial charge in [-0.05, 0) is 123 Å². The second-order valence-corrected chi connectivity index (χ2v) is 12.2. The van der Waals surface area contributed by atoms with E-state index >= 15 is 0 Å². The lowest BCUT2D eigenvalue weighted by molar-refractivity contribution is -0.0509. The lowest BCUT2D eigenvalue weighted by Gasteiger charge is -2.58. The summed E-state index contributed by atoms with van der Waals surface area (Å²) in [6.45, 7) is 5.77. The van der Waals surface area contributed by atoms with Gasteiger partial charge in [-0.1, -0.05) is 31.6 Å². The smallest absolute Gasteiger partial charge is 0.335 e. The Morgan fingerprint density at radius 2 is 1.94 bits per heavy atom. The number of hydrogen-bond acceptors (Lipinski definition) is 3. The zero-order valence-electron chi connectivity index (χ0n) is 21.0. The van der Waals surface area contributed by atoms with Gasteiger partial charge in [0.1, 0.15) is 5.75 Å². The van der Waals surface area contributed by atoms with E-state index < -0.39 is 5.97 Å². The lowest BCUT2D eigenvalue weighted by Crippen LogP contribution is -2.50. The van der Waals surface area contributed by atoms with Gasteiger partial charge in [0.25, 0.3) is 0 Å². The third-order valence-electron chi connectivity index (χ3n) is 10.6. The van der Waals surface area contributed by atoms with Gasteiger partial charge >= 0.3 is 5.97 Å². The van der Waals surface area contributed by atoms with Crippen LogP contribution >= 0.6 is 0 Å². The summed E-state index contributed by atoms with van der Waals surface area (Å²) in [6.07, 6.45) is 15.7. The van der Waals surface area contributed by atoms with E-state index in [0.29, 0.717) is 23.2 Å². The van der Waals surface area contributed by atoms with Gasteiger partial charge in [0.2, 0.25) is 0 Å². The van der Waals surface area contributed by atoms with Crippen LogP contribution in [0.4, 0.5) is 0 Å². The molecule has 0 heterocycles. The number of aliphatic hydroxyl groups excluding tert-OH is 1. The highest BCUT2D eigenvalue weighted by atomic mass is 16.5. The summed E-state index contributed by atoms with van der Waals surface area (Å²) >= 11 is 0. The van der Waals surface area contributed by atoms with Crippen LogP contribution in [0, 0.1) is 34.5 Å². The SMILES string of the molecule is CC12CCC(O)CC1=CCC1C2CCC2(C)C(CCCCOc3cccc(C(=O)O)c3)CCC12. The number of carbonyl (C=O) groups is 1. The summed E-state index contributed by atoms with van der Waals surface area (Å²) < 4.78 is 5.85. The molecule has 5 rings (SSSR count). The first kappa shape index (κ1) is 23.9. The van der Waals surface area contributed by atoms with Crippen LogP contribution < -0.4 is 4.74 Å². The highest BCUT2D eigenvalue weighted by molar-refractivity contribution is 5.87. The second kappa shape index (κ2) is 9.33. The summed E-state index contributed by atoms with van der Waals surface area (Å²) in [5, 5.41) is 19.4. The molecule has 0 saturated heterocycles. The topological polar surface area (TPSA) is 66.8 Å². The summed E-state index contributed by atoms with van der Waals surface area (Å²) in [5.74, 6) is 3.06. The molecule has 0 bridgehead atoms. The van der Waals surface area contributed by atoms with Crippen molar-refractivity contribution in [2.24, 2.45) is 34.5 Å². The molecule has 0 spiro atoms. The zero-order chi connectivity index (χ0) is 23.9. The van der Waals surface area contributed by atoms with E-state index in [-0.39, 0.29) is 11.7 Å². The fourth-order valence-electron chi connectivity index (χ4n) is 8.63. The molecule has 4 nitrogen and oxygen atoms in total. The maximum Gasteiger partial charge on any atom is 0.335 e. The molecule has 3 saturated carbocycles. The minimum atomic E-state index is -0.913. The Balaban J connectivity index is 1.15. The minimum Gasteiger partial charge on any atom is -0.494 e. The molecule has 7 unspecified atom stereocenters. The first-order chi connectivity index (χ1) is 16.3. The summed E-state index contributed by atoms with van der Waals surface area (Å²) in [7, 11) is 0. The standard InChI is InChI=1S/C30H42O4/c1-29-16-14-27-25(11-9-22-19-23(31)13-15-30(22,27)2)26(29)12-10-21(29)7-3-4-17-34-24-8-5-6-20(18-24)28(32)33/h5-6,8-9,18,21,23,25-27,31H,3-4,7,10-17,19H2,1-2H3,(H,32,33). The summed E-state index contributed by atoms with van der Waals surface area (Å²) in [5.41, 5.74) is 2.66. The van der Waals surface area contributed by atoms with Gasteiger partial charge in [-0.3, -0.25) is 0 Å². The van der Waals surface area contributed by atoms with Gasteiger partial charge in [-0.15, -0.1) is 0 Å². The van der Waals surface area contributed by atoms with E-state index in [4.69, 9.17) is 9.84 Å². The van der Waals surface area contributed by atoms with Crippen LogP contribution in [0.2, 0.25) is 0 Å². The Bertz CT molecular complexity index is 937. The second-order valence-electron chi connectivity index (χ2n) is 12.2. The quantitative estimate of drug-likeness (QED) is 0.340. The number of aromatic carboxylic acids is 1. The molecule has 2 N–H and O–H groups in total. The van der Waals surface area contributed by atoms with E-state index in [1.165, 1.54) is 51.4 Å². The van der Waals surface area contributed by atoms with Crippen LogP contribution in [0.15, 0.2) is 35.9 Å². The Hall–Kier alpha value is -1.81. The van der Waals surface area contributed by atoms with Gasteiger partial charge in [0.05, 0.1) is 18.3 Å². The normalized spacial score (nSPS) is 38.9. The van der Waals surface area contributed by atoms with Crippen molar-refractivity contribution in [3.8, 4) is 5.75 Å². The third-order valence-corrected chi connectivity index (χ3v) is 10.6. The summed E-state index contributed by atoms with van der Waals surface area (Å²) in [6, 6.07) is 6.79. The van der Waals surface area contributed by atoms with Crippen molar-refractivity contribution >= 4 is 5.97 Å². The molecule has 34 heavy (non-hydrogen) atoms. The average molecular weight is 467 g/mol. The third kappa shape index (κ3) is 4.21. The van der Waals surface area contributed by atoms with Crippen molar-refractivity contribution in [1.29, 1.82) is 0 Å². The molecule has 7 atom stereocenters. The molecule has 0 aliphatic heterocycles. The molecule has 186 valence electrons. The number of fused-ring (bicyclic) bond motifs is 5. The van der Waals surface area contributed by atoms with Crippen molar-refractivity contribution in [3.05, 3.63) is 41.5 Å². The Labute approximate surface area is 204 Å². The molecule has 4 aliphatic rings. The van der Waals surface area contributed by atoms with E-state index in [2.05, 4.69) is 19.9 Å². The van der Waals surface area contributed by atoms with Crippen LogP contribution in [0.25, 0.3) is 0 Å². The van der Waals surface area contributed by atoms with Crippen LogP contribution in [0.3, 0.4) is 0 Å². The summed E-state index contributed by atoms with van der Waals surface area (Å²) in [4.78, 5) is 11.1. The van der Waals surface area contributed by atoms with E-state index in [9.17, 15) is 9.90 Å². The molecule has 3 fully saturated rings. The molecule has 1 aromatic carbocycles. The van der Waals surface area contributed by atoms with Gasteiger partial charge in [-0.25, -0.2) is 4.79 Å². The van der Waals surface area contributed by atoms with Crippen molar-refractivity contribution in [2.75, 3.05) is 6.61 Å².